The van der Waals surface area contributed by atoms with Crippen molar-refractivity contribution < 1.29 is 4.55 Å². The lowest BCUT2D eigenvalue weighted by Crippen LogP contribution is -1.87. The Kier molecular flexibility index (Phi) is 6.20. The molecule has 0 amide bonds. The topological polar surface area (TPSA) is 19.9 Å². The van der Waals surface area contributed by atoms with Gasteiger partial charge in [0.05, 0.1) is 0 Å². The zero-order valence-electron chi connectivity index (χ0n) is 14.1. The maximum atomic E-state index is 12.1. The molecule has 1 heterocycles. The molecule has 3 rings (SSSR count). The third kappa shape index (κ3) is 4.14. The van der Waals surface area contributed by atoms with E-state index >= 15 is 0 Å². The number of rotatable bonds is 7. The van der Waals surface area contributed by atoms with Crippen LogP contribution in [0.3, 0.4) is 0 Å². The van der Waals surface area contributed by atoms with Gasteiger partial charge in [-0.3, -0.25) is 0 Å². The molecular formula is C21H24BrOS. The molecule has 1 atom stereocenters. The Bertz CT molecular complexity index is 721. The number of unbranched alkanes of at least 4 members (excludes halogenated alkanes) is 4. The van der Waals surface area contributed by atoms with Crippen LogP contribution < -0.4 is 0 Å². The predicted molar refractivity (Wildman–Crippen MR) is 109 cm³/mol. The van der Waals surface area contributed by atoms with Gasteiger partial charge in [0.15, 0.2) is 0 Å². The molecule has 0 fully saturated rings. The fourth-order valence-corrected chi connectivity index (χ4v) is 5.37. The molecule has 0 aromatic heterocycles. The average Bonchev–Trinajstić information content (AvgIpc) is 2.89. The van der Waals surface area contributed by atoms with Crippen molar-refractivity contribution in [1.29, 1.82) is 0 Å². The molecule has 1 radical (unpaired) electrons. The molecule has 1 aliphatic heterocycles. The standard InChI is InChI=1S/C21H24BrOS/c1-2-3-4-5-6-7-16-8-10-17(11-9-16)18-12-13-19-20(22)15-24(23)21(19)14-18/h8-15,24H,2-7H2,1H3. The highest BCUT2D eigenvalue weighted by atomic mass is 79.9. The van der Waals surface area contributed by atoms with Gasteiger partial charge in [-0.05, 0) is 56.9 Å². The maximum Gasteiger partial charge on any atom is 0.0329 e. The zero-order valence-corrected chi connectivity index (χ0v) is 16.6. The van der Waals surface area contributed by atoms with Crippen LogP contribution in [0.15, 0.2) is 52.8 Å². The van der Waals surface area contributed by atoms with E-state index < -0.39 is 11.2 Å². The van der Waals surface area contributed by atoms with E-state index in [2.05, 4.69) is 65.3 Å². The van der Waals surface area contributed by atoms with E-state index in [-0.39, 0.29) is 0 Å². The maximum absolute atomic E-state index is 12.1. The van der Waals surface area contributed by atoms with Gasteiger partial charge in [0, 0.05) is 14.9 Å². The van der Waals surface area contributed by atoms with E-state index in [0.717, 1.165) is 26.9 Å². The van der Waals surface area contributed by atoms with E-state index in [1.54, 1.807) is 5.41 Å². The van der Waals surface area contributed by atoms with Crippen LogP contribution in [0, 0.1) is 0 Å². The molecule has 0 saturated carbocycles. The number of benzene rings is 2. The van der Waals surface area contributed by atoms with Crippen LogP contribution in [0.25, 0.3) is 15.6 Å². The molecule has 3 heteroatoms. The third-order valence-electron chi connectivity index (χ3n) is 4.58. The van der Waals surface area contributed by atoms with Crippen LogP contribution in [-0.4, -0.2) is 0 Å². The monoisotopic (exact) mass is 403 g/mol. The summed E-state index contributed by atoms with van der Waals surface area (Å²) in [5.41, 5.74) is 4.80. The van der Waals surface area contributed by atoms with Crippen molar-refractivity contribution in [3.63, 3.8) is 0 Å². The highest BCUT2D eigenvalue weighted by Crippen LogP contribution is 2.50. The second kappa shape index (κ2) is 8.37. The summed E-state index contributed by atoms with van der Waals surface area (Å²) in [6, 6.07) is 15.1. The molecule has 24 heavy (non-hydrogen) atoms. The Hall–Kier alpha value is -1.03. The summed E-state index contributed by atoms with van der Waals surface area (Å²) in [6.45, 7) is 2.25. The van der Waals surface area contributed by atoms with Crippen molar-refractivity contribution in [2.45, 2.75) is 50.3 Å². The first kappa shape index (κ1) is 17.8. The van der Waals surface area contributed by atoms with Crippen molar-refractivity contribution >= 4 is 31.6 Å². The Morgan fingerprint density at radius 1 is 0.917 bits per heavy atom. The first-order valence-electron chi connectivity index (χ1n) is 8.76. The minimum Gasteiger partial charge on any atom is -0.169 e. The minimum atomic E-state index is -1.41. The van der Waals surface area contributed by atoms with Crippen LogP contribution in [-0.2, 0) is 11.0 Å². The Balaban J connectivity index is 1.65. The van der Waals surface area contributed by atoms with Crippen molar-refractivity contribution in [3.05, 3.63) is 59.0 Å². The number of fused-ring (bicyclic) bond motifs is 1. The quantitative estimate of drug-likeness (QED) is 0.370. The lowest BCUT2D eigenvalue weighted by molar-refractivity contribution is 0.523. The molecule has 0 spiro atoms. The molecule has 1 nitrogen and oxygen atoms in total. The summed E-state index contributed by atoms with van der Waals surface area (Å²) in [4.78, 5) is 0.939. The summed E-state index contributed by atoms with van der Waals surface area (Å²) >= 11 is 2.08. The summed E-state index contributed by atoms with van der Waals surface area (Å²) in [5, 5.41) is 1.80. The molecule has 2 aromatic carbocycles. The van der Waals surface area contributed by atoms with Crippen molar-refractivity contribution in [1.82, 2.24) is 0 Å². The lowest BCUT2D eigenvalue weighted by atomic mass is 10.00. The van der Waals surface area contributed by atoms with Gasteiger partial charge in [-0.15, -0.1) is 0 Å². The molecular weight excluding hydrogens is 380 g/mol. The van der Waals surface area contributed by atoms with Gasteiger partial charge >= 0.3 is 0 Å². The first-order valence-corrected chi connectivity index (χ1v) is 10.9. The van der Waals surface area contributed by atoms with Crippen LogP contribution >= 0.6 is 27.1 Å². The van der Waals surface area contributed by atoms with E-state index in [4.69, 9.17) is 0 Å². The predicted octanol–water partition coefficient (Wildman–Crippen LogP) is 7.28. The minimum absolute atomic E-state index is 0.939. The Morgan fingerprint density at radius 2 is 1.62 bits per heavy atom. The molecule has 0 N–H and O–H groups in total. The Morgan fingerprint density at radius 3 is 2.38 bits per heavy atom. The van der Waals surface area contributed by atoms with Crippen LogP contribution in [0.2, 0.25) is 0 Å². The molecule has 2 aromatic rings. The number of hydrogen-bond donors (Lipinski definition) is 1. The van der Waals surface area contributed by atoms with Gasteiger partial charge in [-0.25, -0.2) is 0 Å². The second-order valence-corrected chi connectivity index (χ2v) is 8.64. The first-order chi connectivity index (χ1) is 11.7. The molecule has 1 unspecified atom stereocenters. The van der Waals surface area contributed by atoms with Gasteiger partial charge in [-0.1, -0.05) is 80.2 Å². The summed E-state index contributed by atoms with van der Waals surface area (Å²) < 4.78 is 13.1. The number of aryl methyl sites for hydroxylation is 1. The van der Waals surface area contributed by atoms with Gasteiger partial charge < -0.3 is 0 Å². The number of halogens is 1. The van der Waals surface area contributed by atoms with E-state index in [0.29, 0.717) is 0 Å². The van der Waals surface area contributed by atoms with Crippen molar-refractivity contribution in [2.24, 2.45) is 0 Å². The summed E-state index contributed by atoms with van der Waals surface area (Å²) in [5.74, 6) is 0. The molecule has 0 bridgehead atoms. The van der Waals surface area contributed by atoms with Crippen LogP contribution in [0.4, 0.5) is 0 Å². The van der Waals surface area contributed by atoms with E-state index in [1.165, 1.54) is 43.2 Å². The number of hydrogen-bond acceptors (Lipinski definition) is 0. The van der Waals surface area contributed by atoms with Crippen molar-refractivity contribution in [3.8, 4) is 11.1 Å². The average molecular weight is 404 g/mol. The van der Waals surface area contributed by atoms with Crippen LogP contribution in [0.5, 0.6) is 0 Å². The molecule has 0 saturated heterocycles. The largest absolute Gasteiger partial charge is 0.169 e. The lowest BCUT2D eigenvalue weighted by Gasteiger charge is -2.09. The highest BCUT2D eigenvalue weighted by molar-refractivity contribution is 9.15. The Labute approximate surface area is 156 Å². The second-order valence-electron chi connectivity index (χ2n) is 6.40. The molecule has 1 aliphatic rings. The van der Waals surface area contributed by atoms with Gasteiger partial charge in [0.25, 0.3) is 0 Å². The fraction of sp³-hybridized carbons (Fsp3) is 0.333. The van der Waals surface area contributed by atoms with E-state index in [9.17, 15) is 4.55 Å². The van der Waals surface area contributed by atoms with Gasteiger partial charge in [0.1, 0.15) is 0 Å². The normalized spacial score (nSPS) is 17.6. The van der Waals surface area contributed by atoms with Crippen LogP contribution in [0.1, 0.15) is 50.2 Å². The number of thiol groups is 1. The highest BCUT2D eigenvalue weighted by Gasteiger charge is 2.19. The van der Waals surface area contributed by atoms with Gasteiger partial charge in [0.2, 0.25) is 0 Å². The SMILES string of the molecule is CCCCCCCc1ccc(-c2ccc3c(c2)[SH]([O])C=C3Br)cc1. The van der Waals surface area contributed by atoms with Gasteiger partial charge in [-0.2, -0.15) is 4.55 Å². The zero-order chi connectivity index (χ0) is 16.9. The molecule has 0 aliphatic carbocycles. The molecule has 127 valence electrons. The fourth-order valence-electron chi connectivity index (χ4n) is 3.13. The summed E-state index contributed by atoms with van der Waals surface area (Å²) in [6.07, 6.45) is 7.77. The van der Waals surface area contributed by atoms with Crippen molar-refractivity contribution in [2.75, 3.05) is 0 Å². The van der Waals surface area contributed by atoms with E-state index in [1.807, 2.05) is 0 Å². The third-order valence-corrected chi connectivity index (χ3v) is 6.93. The smallest absolute Gasteiger partial charge is 0.0329 e. The summed E-state index contributed by atoms with van der Waals surface area (Å²) in [7, 11) is 0.